The van der Waals surface area contributed by atoms with Gasteiger partial charge in [-0.2, -0.15) is 0 Å². The van der Waals surface area contributed by atoms with E-state index in [-0.39, 0.29) is 124 Å². The maximum atomic E-state index is 0. The average molecular weight is 825 g/mol. The zero-order valence-electron chi connectivity index (χ0n) is 3.54. The van der Waals surface area contributed by atoms with Crippen molar-refractivity contribution in [1.29, 1.82) is 0 Å². The van der Waals surface area contributed by atoms with Crippen LogP contribution in [-0.4, -0.2) is 95.9 Å². The van der Waals surface area contributed by atoms with Crippen molar-refractivity contribution >= 4 is 95.9 Å². The Bertz CT molecular complexity index is 11.6. The van der Waals surface area contributed by atoms with Gasteiger partial charge in [0.15, 0.2) is 0 Å². The summed E-state index contributed by atoms with van der Waals surface area (Å²) < 4.78 is 0. The predicted molar refractivity (Wildman–Crippen MR) is 38.4 cm³/mol. The SMILES string of the molecule is [AsH3].[BiH3].[Hg].[PbH2].[SbH3]. The van der Waals surface area contributed by atoms with Gasteiger partial charge in [0.25, 0.3) is 0 Å². The van der Waals surface area contributed by atoms with Crippen molar-refractivity contribution in [2.45, 2.75) is 0 Å². The van der Waals surface area contributed by atoms with Crippen LogP contribution in [0.1, 0.15) is 0 Å². The first-order valence-electron chi connectivity index (χ1n) is 0. The van der Waals surface area contributed by atoms with Crippen molar-refractivity contribution in [3.63, 3.8) is 0 Å². The van der Waals surface area contributed by atoms with Crippen LogP contribution in [0.25, 0.3) is 0 Å². The molecule has 0 aliphatic rings. The van der Waals surface area contributed by atoms with Crippen LogP contribution in [-0.2, 0) is 27.7 Å². The Hall–Kier alpha value is 4.12. The van der Waals surface area contributed by atoms with E-state index in [0.717, 1.165) is 0 Å². The molecule has 0 fully saturated rings. The maximum absolute atomic E-state index is 0. The van der Waals surface area contributed by atoms with Crippen LogP contribution in [0.2, 0.25) is 0 Å². The normalized spacial score (nSPS) is 0. The molecule has 0 aromatic carbocycles. The van der Waals surface area contributed by atoms with E-state index in [9.17, 15) is 0 Å². The molecule has 0 amide bonds. The summed E-state index contributed by atoms with van der Waals surface area (Å²) in [4.78, 5) is 0. The standard InChI is InChI=1S/AsH3.Bi.Hg.Pb.Sb.8H/h1H3;;;;;;;;;;;;. The molecular formula is H11AsBiHgPbSb. The Labute approximate surface area is 121 Å². The quantitative estimate of drug-likeness (QED) is 0.217. The summed E-state index contributed by atoms with van der Waals surface area (Å²) in [5.74, 6) is 0. The Morgan fingerprint density at radius 2 is 1.00 bits per heavy atom. The van der Waals surface area contributed by atoms with Crippen molar-refractivity contribution in [2.75, 3.05) is 0 Å². The molecular weight excluding hydrogens is 813 g/mol. The van der Waals surface area contributed by atoms with E-state index >= 15 is 0 Å². The second kappa shape index (κ2) is 24.3. The van der Waals surface area contributed by atoms with Gasteiger partial charge in [0, 0.05) is 27.7 Å². The average Bonchev–Trinajstić information content (AvgIpc) is 0. The molecule has 0 aromatic heterocycles. The summed E-state index contributed by atoms with van der Waals surface area (Å²) in [6.07, 6.45) is 0. The second-order valence-corrected chi connectivity index (χ2v) is 0. The van der Waals surface area contributed by atoms with E-state index in [4.69, 9.17) is 0 Å². The monoisotopic (exact) mass is 826 g/mol. The van der Waals surface area contributed by atoms with Crippen LogP contribution in [0.5, 0.6) is 0 Å². The minimum atomic E-state index is 0. The van der Waals surface area contributed by atoms with Gasteiger partial charge in [-0.1, -0.05) is 0 Å². The first kappa shape index (κ1) is 35.4. The molecule has 5 heavy (non-hydrogen) atoms. The summed E-state index contributed by atoms with van der Waals surface area (Å²) in [5, 5.41) is 0. The first-order chi connectivity index (χ1) is 0. The fraction of sp³-hybridized carbons (Fsp3) is 0. The molecule has 0 nitrogen and oxygen atoms in total. The van der Waals surface area contributed by atoms with Gasteiger partial charge in [0.1, 0.15) is 0 Å². The molecule has 0 N–H and O–H groups in total. The van der Waals surface area contributed by atoms with E-state index in [0.29, 0.717) is 0 Å². The number of hydrogen-bond donors (Lipinski definition) is 0. The Morgan fingerprint density at radius 1 is 1.00 bits per heavy atom. The first-order valence-corrected chi connectivity index (χ1v) is 0. The molecule has 0 aliphatic heterocycles. The van der Waals surface area contributed by atoms with Gasteiger partial charge in [-0.25, -0.2) is 0 Å². The third kappa shape index (κ3) is 17.9. The Morgan fingerprint density at radius 3 is 1.00 bits per heavy atom. The third-order valence-electron chi connectivity index (χ3n) is 0. The van der Waals surface area contributed by atoms with Gasteiger partial charge in [-0.15, -0.1) is 0 Å². The molecule has 0 aromatic rings. The van der Waals surface area contributed by atoms with Crippen LogP contribution >= 0.6 is 0 Å². The zero-order valence-corrected chi connectivity index (χ0v) is 27.0. The molecule has 1 unspecified atom stereocenters. The van der Waals surface area contributed by atoms with E-state index in [2.05, 4.69) is 0 Å². The molecule has 0 saturated heterocycles. The molecule has 5 heteroatoms. The van der Waals surface area contributed by atoms with Gasteiger partial charge in [-0.05, 0) is 0 Å². The molecule has 0 bridgehead atoms. The summed E-state index contributed by atoms with van der Waals surface area (Å²) >= 11 is 0. The molecule has 0 rings (SSSR count). The zero-order chi connectivity index (χ0) is 0. The van der Waals surface area contributed by atoms with Crippen LogP contribution in [0.3, 0.4) is 0 Å². The minimum absolute atomic E-state index is 0. The van der Waals surface area contributed by atoms with Gasteiger partial charge >= 0.3 is 95.9 Å². The van der Waals surface area contributed by atoms with Crippen LogP contribution in [0.4, 0.5) is 0 Å². The van der Waals surface area contributed by atoms with Crippen molar-refractivity contribution in [1.82, 2.24) is 0 Å². The molecule has 0 saturated carbocycles. The fourth-order valence-electron chi connectivity index (χ4n) is 0. The van der Waals surface area contributed by atoms with Crippen molar-refractivity contribution < 1.29 is 27.7 Å². The summed E-state index contributed by atoms with van der Waals surface area (Å²) in [7, 11) is 0. The van der Waals surface area contributed by atoms with Crippen molar-refractivity contribution in [3.05, 3.63) is 0 Å². The van der Waals surface area contributed by atoms with Gasteiger partial charge < -0.3 is 0 Å². The molecule has 0 aliphatic carbocycles. The third-order valence-corrected chi connectivity index (χ3v) is 0. The van der Waals surface area contributed by atoms with E-state index in [1.807, 2.05) is 0 Å². The molecule has 0 heterocycles. The van der Waals surface area contributed by atoms with Gasteiger partial charge in [0.05, 0.1) is 0 Å². The van der Waals surface area contributed by atoms with Crippen molar-refractivity contribution in [3.8, 4) is 0 Å². The second-order valence-electron chi connectivity index (χ2n) is 0. The summed E-state index contributed by atoms with van der Waals surface area (Å²) in [6, 6.07) is 0. The topological polar surface area (TPSA) is 0 Å². The van der Waals surface area contributed by atoms with E-state index in [1.54, 1.807) is 0 Å². The molecule has 2 radical (unpaired) electrons. The fourth-order valence-corrected chi connectivity index (χ4v) is 0. The molecule has 0 spiro atoms. The Balaban J connectivity index is 0. The molecule has 32 valence electrons. The summed E-state index contributed by atoms with van der Waals surface area (Å²) in [5.41, 5.74) is 0. The van der Waals surface area contributed by atoms with Crippen molar-refractivity contribution in [2.24, 2.45) is 0 Å². The Kier molecular flexibility index (Phi) is 172. The number of hydrogen-bond acceptors (Lipinski definition) is 0. The van der Waals surface area contributed by atoms with Gasteiger partial charge in [-0.3, -0.25) is 0 Å². The van der Waals surface area contributed by atoms with E-state index < -0.39 is 0 Å². The van der Waals surface area contributed by atoms with Gasteiger partial charge in [0.2, 0.25) is 0 Å². The molecule has 1 atom stereocenters. The van der Waals surface area contributed by atoms with E-state index in [1.165, 1.54) is 0 Å². The van der Waals surface area contributed by atoms with Crippen LogP contribution in [0, 0.1) is 0 Å². The van der Waals surface area contributed by atoms with Crippen LogP contribution < -0.4 is 0 Å². The summed E-state index contributed by atoms with van der Waals surface area (Å²) in [6.45, 7) is 0. The predicted octanol–water partition coefficient (Wildman–Crippen LogP) is -4.47. The number of rotatable bonds is 0. The van der Waals surface area contributed by atoms with Crippen LogP contribution in [0.15, 0.2) is 0 Å².